The van der Waals surface area contributed by atoms with Gasteiger partial charge in [0, 0.05) is 10.4 Å². The predicted molar refractivity (Wildman–Crippen MR) is 75.5 cm³/mol. The van der Waals surface area contributed by atoms with E-state index in [0.717, 1.165) is 4.88 Å². The lowest BCUT2D eigenvalue weighted by Crippen LogP contribution is -2.03. The smallest absolute Gasteiger partial charge is 0.387 e. The Hall–Kier alpha value is -2.01. The molecule has 0 fully saturated rings. The number of allylic oxidation sites excluding steroid dienone is 1. The lowest BCUT2D eigenvalue weighted by molar-refractivity contribution is -0.0499. The third-order valence-corrected chi connectivity index (χ3v) is 3.55. The minimum Gasteiger partial charge on any atom is -0.434 e. The van der Waals surface area contributed by atoms with Crippen molar-refractivity contribution in [2.45, 2.75) is 13.5 Å². The van der Waals surface area contributed by atoms with E-state index in [-0.39, 0.29) is 11.5 Å². The first-order chi connectivity index (χ1) is 9.56. The summed E-state index contributed by atoms with van der Waals surface area (Å²) in [5.41, 5.74) is 0.439. The normalized spacial score (nSPS) is 11.2. The number of rotatable bonds is 5. The number of ketones is 1. The molecule has 0 spiro atoms. The van der Waals surface area contributed by atoms with E-state index in [1.807, 2.05) is 13.0 Å². The van der Waals surface area contributed by atoms with Gasteiger partial charge in [-0.05, 0) is 37.3 Å². The molecule has 0 aliphatic carbocycles. The Morgan fingerprint density at radius 3 is 2.65 bits per heavy atom. The van der Waals surface area contributed by atoms with Crippen LogP contribution in [0, 0.1) is 6.92 Å². The molecule has 0 bridgehead atoms. The number of carbonyl (C=O) groups is 1. The van der Waals surface area contributed by atoms with Gasteiger partial charge in [0.2, 0.25) is 0 Å². The van der Waals surface area contributed by atoms with Crippen molar-refractivity contribution in [1.29, 1.82) is 0 Å². The minimum atomic E-state index is -2.89. The molecule has 1 heterocycles. The van der Waals surface area contributed by atoms with Crippen molar-refractivity contribution < 1.29 is 18.3 Å². The van der Waals surface area contributed by atoms with Gasteiger partial charge in [0.1, 0.15) is 5.75 Å². The number of benzene rings is 1. The minimum absolute atomic E-state index is 0.0499. The maximum absolute atomic E-state index is 12.3. The molecule has 0 N–H and O–H groups in total. The fourth-order valence-corrected chi connectivity index (χ4v) is 2.42. The summed E-state index contributed by atoms with van der Waals surface area (Å²) in [6.45, 7) is -0.975. The zero-order valence-electron chi connectivity index (χ0n) is 10.7. The number of aryl methyl sites for hydroxylation is 1. The van der Waals surface area contributed by atoms with E-state index in [2.05, 4.69) is 4.74 Å². The van der Waals surface area contributed by atoms with Crippen LogP contribution in [0.5, 0.6) is 5.75 Å². The van der Waals surface area contributed by atoms with Gasteiger partial charge >= 0.3 is 6.61 Å². The van der Waals surface area contributed by atoms with Crippen molar-refractivity contribution in [3.63, 3.8) is 0 Å². The molecule has 0 saturated heterocycles. The molecule has 0 aliphatic rings. The molecule has 0 saturated carbocycles. The Bertz CT molecular complexity index is 632. The van der Waals surface area contributed by atoms with Crippen LogP contribution in [0.3, 0.4) is 0 Å². The molecular weight excluding hydrogens is 282 g/mol. The summed E-state index contributed by atoms with van der Waals surface area (Å²) in [4.78, 5) is 13.6. The second-order valence-electron chi connectivity index (χ2n) is 4.02. The van der Waals surface area contributed by atoms with Gasteiger partial charge in [-0.15, -0.1) is 11.3 Å². The van der Waals surface area contributed by atoms with Crippen LogP contribution in [0.4, 0.5) is 8.78 Å². The molecule has 2 rings (SSSR count). The molecule has 0 unspecified atom stereocenters. The number of ether oxygens (including phenoxy) is 1. The Morgan fingerprint density at radius 1 is 1.25 bits per heavy atom. The molecule has 0 aliphatic heterocycles. The first-order valence-electron chi connectivity index (χ1n) is 5.89. The number of para-hydroxylation sites is 1. The summed E-state index contributed by atoms with van der Waals surface area (Å²) in [5, 5.41) is 0. The summed E-state index contributed by atoms with van der Waals surface area (Å²) in [6.07, 6.45) is 2.84. The lowest BCUT2D eigenvalue weighted by atomic mass is 10.1. The third-order valence-electron chi connectivity index (χ3n) is 2.53. The van der Waals surface area contributed by atoms with E-state index in [1.54, 1.807) is 24.3 Å². The van der Waals surface area contributed by atoms with Crippen LogP contribution in [0.25, 0.3) is 6.08 Å². The van der Waals surface area contributed by atoms with Crippen LogP contribution in [0.1, 0.15) is 20.1 Å². The van der Waals surface area contributed by atoms with Crippen molar-refractivity contribution >= 4 is 23.2 Å². The molecule has 0 atom stereocenters. The van der Waals surface area contributed by atoms with Crippen molar-refractivity contribution in [1.82, 2.24) is 0 Å². The van der Waals surface area contributed by atoms with Crippen LogP contribution in [-0.4, -0.2) is 12.4 Å². The quantitative estimate of drug-likeness (QED) is 0.597. The molecular formula is C15H12F2O2S. The Balaban J connectivity index is 2.17. The average Bonchev–Trinajstić information content (AvgIpc) is 2.83. The van der Waals surface area contributed by atoms with Gasteiger partial charge in [-0.25, -0.2) is 0 Å². The number of hydrogen-bond donors (Lipinski definition) is 0. The van der Waals surface area contributed by atoms with Gasteiger partial charge in [0.25, 0.3) is 0 Å². The van der Waals surface area contributed by atoms with Gasteiger partial charge in [0.15, 0.2) is 5.78 Å². The number of halogens is 2. The van der Waals surface area contributed by atoms with E-state index in [4.69, 9.17) is 0 Å². The van der Waals surface area contributed by atoms with Crippen molar-refractivity contribution in [2.75, 3.05) is 0 Å². The Labute approximate surface area is 119 Å². The summed E-state index contributed by atoms with van der Waals surface area (Å²) < 4.78 is 28.9. The number of alkyl halides is 2. The number of carbonyl (C=O) groups excluding carboxylic acids is 1. The highest BCUT2D eigenvalue weighted by Crippen LogP contribution is 2.22. The molecule has 0 amide bonds. The van der Waals surface area contributed by atoms with Crippen LogP contribution in [0.15, 0.2) is 42.5 Å². The zero-order valence-corrected chi connectivity index (χ0v) is 11.5. The van der Waals surface area contributed by atoms with Gasteiger partial charge in [-0.1, -0.05) is 18.2 Å². The second-order valence-corrected chi connectivity index (χ2v) is 5.31. The van der Waals surface area contributed by atoms with Crippen LogP contribution >= 0.6 is 11.3 Å². The SMILES string of the molecule is Cc1ccc(C(=O)C=Cc2ccccc2OC(F)F)s1. The van der Waals surface area contributed by atoms with E-state index >= 15 is 0 Å². The largest absolute Gasteiger partial charge is 0.434 e. The van der Waals surface area contributed by atoms with Crippen molar-refractivity contribution in [3.8, 4) is 5.75 Å². The maximum Gasteiger partial charge on any atom is 0.387 e. The molecule has 0 radical (unpaired) electrons. The molecule has 1 aromatic heterocycles. The second kappa shape index (κ2) is 6.43. The van der Waals surface area contributed by atoms with Gasteiger partial charge in [-0.2, -0.15) is 8.78 Å². The summed E-state index contributed by atoms with van der Waals surface area (Å²) >= 11 is 1.39. The fraction of sp³-hybridized carbons (Fsp3) is 0.133. The maximum atomic E-state index is 12.3. The fourth-order valence-electron chi connectivity index (χ4n) is 1.64. The first-order valence-corrected chi connectivity index (χ1v) is 6.70. The van der Waals surface area contributed by atoms with Crippen molar-refractivity contribution in [3.05, 3.63) is 57.8 Å². The van der Waals surface area contributed by atoms with Crippen LogP contribution in [-0.2, 0) is 0 Å². The third kappa shape index (κ3) is 3.74. The standard InChI is InChI=1S/C15H12F2O2S/c1-10-6-9-14(20-10)12(18)8-7-11-4-2-3-5-13(11)19-15(16)17/h2-9,15H,1H3. The van der Waals surface area contributed by atoms with Crippen molar-refractivity contribution in [2.24, 2.45) is 0 Å². The zero-order chi connectivity index (χ0) is 14.5. The molecule has 1 aromatic carbocycles. The monoisotopic (exact) mass is 294 g/mol. The van der Waals surface area contributed by atoms with Gasteiger partial charge < -0.3 is 4.74 Å². The van der Waals surface area contributed by atoms with E-state index in [1.165, 1.54) is 29.6 Å². The van der Waals surface area contributed by atoms with Crippen LogP contribution in [0.2, 0.25) is 0 Å². The molecule has 2 nitrogen and oxygen atoms in total. The average molecular weight is 294 g/mol. The number of hydrogen-bond acceptors (Lipinski definition) is 3. The predicted octanol–water partition coefficient (Wildman–Crippen LogP) is 4.55. The summed E-state index contributed by atoms with van der Waals surface area (Å²) in [6, 6.07) is 9.94. The van der Waals surface area contributed by atoms with Crippen LogP contribution < -0.4 is 4.74 Å². The van der Waals surface area contributed by atoms with E-state index in [0.29, 0.717) is 10.4 Å². The Morgan fingerprint density at radius 2 is 2.00 bits per heavy atom. The first kappa shape index (κ1) is 14.4. The number of thiophene rings is 1. The summed E-state index contributed by atoms with van der Waals surface area (Å²) in [5.74, 6) is -0.108. The molecule has 104 valence electrons. The highest BCUT2D eigenvalue weighted by Gasteiger charge is 2.08. The van der Waals surface area contributed by atoms with E-state index < -0.39 is 6.61 Å². The molecule has 2 aromatic rings. The molecule has 20 heavy (non-hydrogen) atoms. The Kier molecular flexibility index (Phi) is 4.63. The van der Waals surface area contributed by atoms with Gasteiger partial charge in [0.05, 0.1) is 4.88 Å². The lowest BCUT2D eigenvalue weighted by Gasteiger charge is -2.06. The van der Waals surface area contributed by atoms with E-state index in [9.17, 15) is 13.6 Å². The topological polar surface area (TPSA) is 26.3 Å². The molecule has 5 heteroatoms. The summed E-state index contributed by atoms with van der Waals surface area (Å²) in [7, 11) is 0. The van der Waals surface area contributed by atoms with Gasteiger partial charge in [-0.3, -0.25) is 4.79 Å². The highest BCUT2D eigenvalue weighted by atomic mass is 32.1. The highest BCUT2D eigenvalue weighted by molar-refractivity contribution is 7.14.